The summed E-state index contributed by atoms with van der Waals surface area (Å²) in [5.41, 5.74) is 2.82. The fourth-order valence-corrected chi connectivity index (χ4v) is 2.40. The largest absolute Gasteiger partial charge is 0.293 e. The Morgan fingerprint density at radius 1 is 1.25 bits per heavy atom. The van der Waals surface area contributed by atoms with Crippen LogP contribution in [0.25, 0.3) is 5.52 Å². The Balaban J connectivity index is 1.66. The third-order valence-electron chi connectivity index (χ3n) is 3.65. The first-order valence-electron chi connectivity index (χ1n) is 6.79. The molecule has 3 heterocycles. The summed E-state index contributed by atoms with van der Waals surface area (Å²) in [5.74, 6) is 0.507. The Labute approximate surface area is 115 Å². The number of fused-ring (bicyclic) bond motifs is 1. The van der Waals surface area contributed by atoms with Gasteiger partial charge in [0.25, 0.3) is 5.56 Å². The normalized spacial score (nSPS) is 14.8. The van der Waals surface area contributed by atoms with Crippen molar-refractivity contribution in [1.82, 2.24) is 19.2 Å². The van der Waals surface area contributed by atoms with Crippen molar-refractivity contribution in [3.63, 3.8) is 0 Å². The number of hydrogen-bond donors (Lipinski definition) is 0. The van der Waals surface area contributed by atoms with Crippen LogP contribution in [0.15, 0.2) is 47.7 Å². The van der Waals surface area contributed by atoms with Crippen LogP contribution in [0.3, 0.4) is 0 Å². The Bertz CT molecular complexity index is 796. The lowest BCUT2D eigenvalue weighted by Crippen LogP contribution is -2.21. The van der Waals surface area contributed by atoms with E-state index < -0.39 is 0 Å². The minimum Gasteiger partial charge on any atom is -0.293 e. The first kappa shape index (κ1) is 11.4. The van der Waals surface area contributed by atoms with Gasteiger partial charge in [0.15, 0.2) is 0 Å². The van der Waals surface area contributed by atoms with E-state index in [2.05, 4.69) is 10.1 Å². The molecule has 1 fully saturated rings. The highest BCUT2D eigenvalue weighted by Gasteiger charge is 2.25. The first-order chi connectivity index (χ1) is 9.79. The van der Waals surface area contributed by atoms with Gasteiger partial charge in [0, 0.05) is 18.2 Å². The highest BCUT2D eigenvalue weighted by Crippen LogP contribution is 2.38. The van der Waals surface area contributed by atoms with Crippen molar-refractivity contribution in [3.05, 3.63) is 64.6 Å². The molecule has 0 unspecified atom stereocenters. The molecule has 0 aromatic carbocycles. The van der Waals surface area contributed by atoms with Gasteiger partial charge in [-0.25, -0.2) is 9.50 Å². The predicted octanol–water partition coefficient (Wildman–Crippen LogP) is 1.82. The molecule has 5 heteroatoms. The van der Waals surface area contributed by atoms with E-state index in [1.165, 1.54) is 0 Å². The number of pyridine rings is 1. The predicted molar refractivity (Wildman–Crippen MR) is 74.8 cm³/mol. The van der Waals surface area contributed by atoms with Crippen LogP contribution < -0.4 is 5.56 Å². The van der Waals surface area contributed by atoms with Crippen LogP contribution in [0.5, 0.6) is 0 Å². The molecule has 3 aromatic rings. The van der Waals surface area contributed by atoms with Gasteiger partial charge in [-0.2, -0.15) is 5.10 Å². The molecule has 0 N–H and O–H groups in total. The molecule has 0 amide bonds. The summed E-state index contributed by atoms with van der Waals surface area (Å²) < 4.78 is 3.42. The maximum atomic E-state index is 12.1. The molecular weight excluding hydrogens is 252 g/mol. The van der Waals surface area contributed by atoms with Gasteiger partial charge in [-0.3, -0.25) is 9.36 Å². The summed E-state index contributed by atoms with van der Waals surface area (Å²) in [4.78, 5) is 16.5. The Morgan fingerprint density at radius 2 is 2.15 bits per heavy atom. The molecule has 0 saturated heterocycles. The zero-order chi connectivity index (χ0) is 13.5. The molecule has 1 saturated carbocycles. The molecule has 5 nitrogen and oxygen atoms in total. The van der Waals surface area contributed by atoms with Crippen molar-refractivity contribution in [1.29, 1.82) is 0 Å². The molecule has 0 bridgehead atoms. The lowest BCUT2D eigenvalue weighted by molar-refractivity contribution is 0.700. The average Bonchev–Trinajstić information content (AvgIpc) is 3.21. The van der Waals surface area contributed by atoms with Crippen molar-refractivity contribution in [2.24, 2.45) is 0 Å². The van der Waals surface area contributed by atoms with Gasteiger partial charge in [0.2, 0.25) is 0 Å². The second kappa shape index (κ2) is 4.30. The summed E-state index contributed by atoms with van der Waals surface area (Å²) in [6, 6.07) is 9.54. The maximum Gasteiger partial charge on any atom is 0.253 e. The van der Waals surface area contributed by atoms with E-state index in [-0.39, 0.29) is 5.56 Å². The van der Waals surface area contributed by atoms with E-state index >= 15 is 0 Å². The SMILES string of the molecule is O=c1cc(C2CC2)ncn1Cc1cc2ccccn2n1. The second-order valence-electron chi connectivity index (χ2n) is 5.26. The molecule has 0 atom stereocenters. The number of hydrogen-bond acceptors (Lipinski definition) is 3. The standard InChI is InChI=1S/C15H14N4O/c20-15-8-14(11-4-5-11)16-10-18(15)9-12-7-13-3-1-2-6-19(13)17-12/h1-3,6-8,10-11H,4-5,9H2. The summed E-state index contributed by atoms with van der Waals surface area (Å²) in [6.07, 6.45) is 5.85. The lowest BCUT2D eigenvalue weighted by Gasteiger charge is -2.03. The van der Waals surface area contributed by atoms with Gasteiger partial charge in [-0.1, -0.05) is 6.07 Å². The van der Waals surface area contributed by atoms with Crippen LogP contribution in [-0.2, 0) is 6.54 Å². The van der Waals surface area contributed by atoms with Gasteiger partial charge in [0.05, 0.1) is 29.8 Å². The number of rotatable bonds is 3. The van der Waals surface area contributed by atoms with Crippen LogP contribution in [0.1, 0.15) is 30.1 Å². The Morgan fingerprint density at radius 3 is 2.90 bits per heavy atom. The molecule has 3 aromatic heterocycles. The van der Waals surface area contributed by atoms with Gasteiger partial charge in [-0.05, 0) is 31.0 Å². The van der Waals surface area contributed by atoms with Crippen molar-refractivity contribution in [2.75, 3.05) is 0 Å². The summed E-state index contributed by atoms with van der Waals surface area (Å²) in [6.45, 7) is 0.457. The third-order valence-corrected chi connectivity index (χ3v) is 3.65. The second-order valence-corrected chi connectivity index (χ2v) is 5.26. The van der Waals surface area contributed by atoms with E-state index in [9.17, 15) is 4.79 Å². The molecule has 100 valence electrons. The Kier molecular flexibility index (Phi) is 2.45. The topological polar surface area (TPSA) is 52.2 Å². The Hall–Kier alpha value is -2.43. The monoisotopic (exact) mass is 266 g/mol. The van der Waals surface area contributed by atoms with Crippen molar-refractivity contribution >= 4 is 5.52 Å². The van der Waals surface area contributed by atoms with Crippen LogP contribution in [0, 0.1) is 0 Å². The fourth-order valence-electron chi connectivity index (χ4n) is 2.40. The molecule has 1 aliphatic rings. The maximum absolute atomic E-state index is 12.1. The minimum atomic E-state index is -0.000967. The summed E-state index contributed by atoms with van der Waals surface area (Å²) in [7, 11) is 0. The van der Waals surface area contributed by atoms with Crippen LogP contribution in [0.2, 0.25) is 0 Å². The zero-order valence-electron chi connectivity index (χ0n) is 10.9. The van der Waals surface area contributed by atoms with Gasteiger partial charge in [-0.15, -0.1) is 0 Å². The average molecular weight is 266 g/mol. The molecule has 1 aliphatic carbocycles. The van der Waals surface area contributed by atoms with Crippen molar-refractivity contribution in [2.45, 2.75) is 25.3 Å². The molecule has 0 radical (unpaired) electrons. The van der Waals surface area contributed by atoms with E-state index in [0.717, 1.165) is 29.7 Å². The van der Waals surface area contributed by atoms with Crippen molar-refractivity contribution in [3.8, 4) is 0 Å². The van der Waals surface area contributed by atoms with Crippen LogP contribution in [0.4, 0.5) is 0 Å². The van der Waals surface area contributed by atoms with Crippen LogP contribution in [-0.4, -0.2) is 19.2 Å². The van der Waals surface area contributed by atoms with E-state index in [4.69, 9.17) is 0 Å². The quantitative estimate of drug-likeness (QED) is 0.726. The summed E-state index contributed by atoms with van der Waals surface area (Å²) in [5, 5.41) is 4.45. The highest BCUT2D eigenvalue weighted by atomic mass is 16.1. The van der Waals surface area contributed by atoms with Gasteiger partial charge >= 0.3 is 0 Å². The zero-order valence-corrected chi connectivity index (χ0v) is 10.9. The smallest absolute Gasteiger partial charge is 0.253 e. The highest BCUT2D eigenvalue weighted by molar-refractivity contribution is 5.46. The minimum absolute atomic E-state index is 0.000967. The van der Waals surface area contributed by atoms with Gasteiger partial charge < -0.3 is 0 Å². The van der Waals surface area contributed by atoms with E-state index in [0.29, 0.717) is 12.5 Å². The lowest BCUT2D eigenvalue weighted by atomic mass is 10.3. The third kappa shape index (κ3) is 2.01. The molecule has 4 rings (SSSR count). The molecular formula is C15H14N4O. The van der Waals surface area contributed by atoms with E-state index in [1.807, 2.05) is 35.0 Å². The number of aromatic nitrogens is 4. The van der Waals surface area contributed by atoms with Crippen LogP contribution >= 0.6 is 0 Å². The molecule has 0 aliphatic heterocycles. The van der Waals surface area contributed by atoms with E-state index in [1.54, 1.807) is 17.0 Å². The number of nitrogens with zero attached hydrogens (tertiary/aromatic N) is 4. The first-order valence-corrected chi connectivity index (χ1v) is 6.79. The fraction of sp³-hybridized carbons (Fsp3) is 0.267. The molecule has 20 heavy (non-hydrogen) atoms. The van der Waals surface area contributed by atoms with Crippen molar-refractivity contribution < 1.29 is 0 Å². The van der Waals surface area contributed by atoms with Gasteiger partial charge in [0.1, 0.15) is 0 Å². The molecule has 0 spiro atoms. The summed E-state index contributed by atoms with van der Waals surface area (Å²) >= 11 is 0.